The number of sulfonamides is 1. The van der Waals surface area contributed by atoms with E-state index >= 15 is 0 Å². The van der Waals surface area contributed by atoms with Crippen LogP contribution in [0.25, 0.3) is 10.6 Å². The number of rotatable bonds is 5. The summed E-state index contributed by atoms with van der Waals surface area (Å²) in [6.45, 7) is 0.771. The fourth-order valence-corrected chi connectivity index (χ4v) is 5.13. The molecule has 1 aliphatic heterocycles. The lowest BCUT2D eigenvalue weighted by atomic mass is 10.2. The number of amidine groups is 1. The summed E-state index contributed by atoms with van der Waals surface area (Å²) in [5, 5.41) is 4.55. The molecule has 0 spiro atoms. The number of nitrogens with zero attached hydrogens (tertiary/aromatic N) is 3. The van der Waals surface area contributed by atoms with Gasteiger partial charge in [0.1, 0.15) is 22.4 Å². The standard InChI is InChI=1S/C21H19FN4O3S2/c1-26-11-5-10-19(26)25-31(28,29)15-7-4-6-14(12-15)23-20(27)18-13-30-21(24-18)16-8-2-3-9-17(16)22/h2-4,6-9,12-13H,5,10-11H2,1H3,(H,23,27)/b25-19+. The molecule has 0 bridgehead atoms. The summed E-state index contributed by atoms with van der Waals surface area (Å²) in [5.74, 6) is -0.413. The van der Waals surface area contributed by atoms with Crippen LogP contribution in [0.2, 0.25) is 0 Å². The first-order chi connectivity index (χ1) is 14.8. The lowest BCUT2D eigenvalue weighted by molar-refractivity contribution is 0.102. The van der Waals surface area contributed by atoms with E-state index in [1.54, 1.807) is 31.3 Å². The highest BCUT2D eigenvalue weighted by molar-refractivity contribution is 7.90. The van der Waals surface area contributed by atoms with Gasteiger partial charge in [0, 0.05) is 36.6 Å². The third-order valence-corrected chi connectivity index (χ3v) is 6.97. The molecule has 7 nitrogen and oxygen atoms in total. The zero-order valence-electron chi connectivity index (χ0n) is 16.6. The van der Waals surface area contributed by atoms with Crippen molar-refractivity contribution in [1.29, 1.82) is 0 Å². The molecule has 1 N–H and O–H groups in total. The summed E-state index contributed by atoms with van der Waals surface area (Å²) in [6.07, 6.45) is 1.48. The molecule has 0 radical (unpaired) electrons. The second-order valence-electron chi connectivity index (χ2n) is 7.01. The smallest absolute Gasteiger partial charge is 0.284 e. The summed E-state index contributed by atoms with van der Waals surface area (Å²) in [5.41, 5.74) is 0.728. The number of carbonyl (C=O) groups is 1. The molecule has 1 amide bonds. The Balaban J connectivity index is 1.53. The third kappa shape index (κ3) is 4.64. The quantitative estimate of drug-likeness (QED) is 0.624. The Morgan fingerprint density at radius 2 is 2.03 bits per heavy atom. The van der Waals surface area contributed by atoms with Crippen LogP contribution in [0.5, 0.6) is 0 Å². The molecule has 4 rings (SSSR count). The number of hydrogen-bond donors (Lipinski definition) is 1. The van der Waals surface area contributed by atoms with E-state index in [1.807, 2.05) is 4.90 Å². The molecule has 160 valence electrons. The Labute approximate surface area is 183 Å². The van der Waals surface area contributed by atoms with Crippen LogP contribution in [0.3, 0.4) is 0 Å². The number of benzene rings is 2. The average molecular weight is 459 g/mol. The summed E-state index contributed by atoms with van der Waals surface area (Å²) < 4.78 is 43.2. The van der Waals surface area contributed by atoms with Gasteiger partial charge in [-0.1, -0.05) is 18.2 Å². The Morgan fingerprint density at radius 1 is 1.23 bits per heavy atom. The molecule has 2 aromatic carbocycles. The molecule has 0 saturated carbocycles. The fraction of sp³-hybridized carbons (Fsp3) is 0.190. The summed E-state index contributed by atoms with van der Waals surface area (Å²) in [7, 11) is -2.09. The van der Waals surface area contributed by atoms with Crippen LogP contribution in [0.15, 0.2) is 63.2 Å². The van der Waals surface area contributed by atoms with Crippen molar-refractivity contribution >= 4 is 38.8 Å². The van der Waals surface area contributed by atoms with E-state index in [9.17, 15) is 17.6 Å². The first kappa shape index (κ1) is 21.1. The van der Waals surface area contributed by atoms with Crippen molar-refractivity contribution in [3.05, 3.63) is 65.4 Å². The van der Waals surface area contributed by atoms with Gasteiger partial charge in [0.2, 0.25) is 0 Å². The van der Waals surface area contributed by atoms with Gasteiger partial charge in [-0.3, -0.25) is 4.79 Å². The Kier molecular flexibility index (Phi) is 5.84. The van der Waals surface area contributed by atoms with E-state index < -0.39 is 21.7 Å². The number of halogens is 1. The van der Waals surface area contributed by atoms with Crippen LogP contribution in [-0.2, 0) is 10.0 Å². The number of anilines is 1. The molecule has 0 atom stereocenters. The van der Waals surface area contributed by atoms with Gasteiger partial charge in [-0.25, -0.2) is 9.37 Å². The molecule has 0 aliphatic carbocycles. The van der Waals surface area contributed by atoms with Crippen molar-refractivity contribution < 1.29 is 17.6 Å². The number of nitrogens with one attached hydrogen (secondary N) is 1. The number of amides is 1. The Hall–Kier alpha value is -3.11. The lowest BCUT2D eigenvalue weighted by Gasteiger charge is -2.11. The summed E-state index contributed by atoms with van der Waals surface area (Å²) in [6, 6.07) is 12.1. The minimum Gasteiger partial charge on any atom is -0.362 e. The highest BCUT2D eigenvalue weighted by atomic mass is 32.2. The van der Waals surface area contributed by atoms with Crippen molar-refractivity contribution in [2.75, 3.05) is 18.9 Å². The Bertz CT molecular complexity index is 1270. The van der Waals surface area contributed by atoms with Gasteiger partial charge in [-0.05, 0) is 36.8 Å². The minimum absolute atomic E-state index is 0.0107. The molecular formula is C21H19FN4O3S2. The molecule has 3 aromatic rings. The van der Waals surface area contributed by atoms with Gasteiger partial charge in [-0.2, -0.15) is 8.42 Å². The second-order valence-corrected chi connectivity index (χ2v) is 9.47. The second kappa shape index (κ2) is 8.56. The average Bonchev–Trinajstić information content (AvgIpc) is 3.38. The van der Waals surface area contributed by atoms with Gasteiger partial charge in [0.05, 0.1) is 4.90 Å². The maximum absolute atomic E-state index is 14.0. The van der Waals surface area contributed by atoms with Gasteiger partial charge in [0.25, 0.3) is 15.9 Å². The lowest BCUT2D eigenvalue weighted by Crippen LogP contribution is -2.20. The van der Waals surface area contributed by atoms with Crippen molar-refractivity contribution in [2.45, 2.75) is 17.7 Å². The third-order valence-electron chi connectivity index (χ3n) is 4.79. The van der Waals surface area contributed by atoms with Crippen molar-refractivity contribution in [3.8, 4) is 10.6 Å². The first-order valence-corrected chi connectivity index (χ1v) is 11.8. The largest absolute Gasteiger partial charge is 0.362 e. The molecule has 31 heavy (non-hydrogen) atoms. The van der Waals surface area contributed by atoms with Crippen LogP contribution in [0.4, 0.5) is 10.1 Å². The number of aromatic nitrogens is 1. The maximum atomic E-state index is 14.0. The summed E-state index contributed by atoms with van der Waals surface area (Å²) >= 11 is 1.15. The molecular weight excluding hydrogens is 439 g/mol. The molecule has 1 aliphatic rings. The van der Waals surface area contributed by atoms with E-state index in [0.717, 1.165) is 24.3 Å². The van der Waals surface area contributed by atoms with Gasteiger partial charge in [0.15, 0.2) is 0 Å². The maximum Gasteiger partial charge on any atom is 0.284 e. The van der Waals surface area contributed by atoms with E-state index in [0.29, 0.717) is 28.5 Å². The predicted octanol–water partition coefficient (Wildman–Crippen LogP) is 4.01. The van der Waals surface area contributed by atoms with E-state index in [1.165, 1.54) is 29.6 Å². The number of carbonyl (C=O) groups excluding carboxylic acids is 1. The Morgan fingerprint density at radius 3 is 2.77 bits per heavy atom. The minimum atomic E-state index is -3.90. The monoisotopic (exact) mass is 458 g/mol. The van der Waals surface area contributed by atoms with Crippen LogP contribution >= 0.6 is 11.3 Å². The van der Waals surface area contributed by atoms with Crippen LogP contribution in [0.1, 0.15) is 23.3 Å². The first-order valence-electron chi connectivity index (χ1n) is 9.50. The number of hydrogen-bond acceptors (Lipinski definition) is 5. The van der Waals surface area contributed by atoms with Crippen LogP contribution < -0.4 is 5.32 Å². The molecule has 1 aromatic heterocycles. The van der Waals surface area contributed by atoms with E-state index in [2.05, 4.69) is 14.7 Å². The van der Waals surface area contributed by atoms with Crippen molar-refractivity contribution in [2.24, 2.45) is 4.40 Å². The topological polar surface area (TPSA) is 91.7 Å². The SMILES string of the molecule is CN1CCC/C1=N\S(=O)(=O)c1cccc(NC(=O)c2csc(-c3ccccc3F)n2)c1. The number of thiazole rings is 1. The highest BCUT2D eigenvalue weighted by Crippen LogP contribution is 2.27. The molecule has 0 unspecified atom stereocenters. The van der Waals surface area contributed by atoms with Gasteiger partial charge >= 0.3 is 0 Å². The normalized spacial score (nSPS) is 15.4. The molecule has 2 heterocycles. The summed E-state index contributed by atoms with van der Waals surface area (Å²) in [4.78, 5) is 18.6. The zero-order chi connectivity index (χ0) is 22.0. The van der Waals surface area contributed by atoms with Gasteiger partial charge in [-0.15, -0.1) is 15.7 Å². The van der Waals surface area contributed by atoms with Crippen molar-refractivity contribution in [1.82, 2.24) is 9.88 Å². The molecule has 1 fully saturated rings. The number of likely N-dealkylation sites (tertiary alicyclic amines) is 1. The van der Waals surface area contributed by atoms with Crippen molar-refractivity contribution in [3.63, 3.8) is 0 Å². The fourth-order valence-electron chi connectivity index (χ4n) is 3.17. The van der Waals surface area contributed by atoms with Crippen LogP contribution in [0, 0.1) is 5.82 Å². The highest BCUT2D eigenvalue weighted by Gasteiger charge is 2.21. The zero-order valence-corrected chi connectivity index (χ0v) is 18.2. The van der Waals surface area contributed by atoms with Crippen LogP contribution in [-0.4, -0.2) is 43.6 Å². The van der Waals surface area contributed by atoms with Gasteiger partial charge < -0.3 is 10.2 Å². The van der Waals surface area contributed by atoms with E-state index in [-0.39, 0.29) is 10.6 Å². The molecule has 1 saturated heterocycles. The predicted molar refractivity (Wildman–Crippen MR) is 118 cm³/mol. The van der Waals surface area contributed by atoms with E-state index in [4.69, 9.17) is 0 Å². The molecule has 10 heteroatoms.